The highest BCUT2D eigenvalue weighted by Crippen LogP contribution is 2.31. The van der Waals surface area contributed by atoms with Gasteiger partial charge in [-0.15, -0.1) is 0 Å². The number of hydrogen-bond donors (Lipinski definition) is 2. The molecular weight excluding hydrogens is 137 g/mol. The van der Waals surface area contributed by atoms with Crippen molar-refractivity contribution < 1.29 is 9.46 Å². The highest BCUT2D eigenvalue weighted by Gasteiger charge is 2.10. The predicted molar refractivity (Wildman–Crippen MR) is 38.3 cm³/mol. The molecule has 0 radical (unpaired) electrons. The lowest BCUT2D eigenvalue weighted by molar-refractivity contribution is 0.471. The van der Waals surface area contributed by atoms with Gasteiger partial charge in [0, 0.05) is 6.16 Å². The molecular formula is C5H14NO2P. The van der Waals surface area contributed by atoms with Crippen LogP contribution in [0.15, 0.2) is 0 Å². The van der Waals surface area contributed by atoms with Crippen molar-refractivity contribution in [3.8, 4) is 0 Å². The first-order valence-corrected chi connectivity index (χ1v) is 4.93. The standard InChI is InChI=1S/C5H14NO2P/c1-5(2)3-4-9(6,7)8/h5H,3-4H2,1-2H3,(H3,6,7,8). The molecule has 0 aromatic carbocycles. The van der Waals surface area contributed by atoms with E-state index in [1.165, 1.54) is 0 Å². The second-order valence-electron chi connectivity index (χ2n) is 2.66. The van der Waals surface area contributed by atoms with Gasteiger partial charge in [-0.1, -0.05) is 13.8 Å². The molecule has 0 saturated heterocycles. The van der Waals surface area contributed by atoms with Gasteiger partial charge in [-0.3, -0.25) is 10.1 Å². The summed E-state index contributed by atoms with van der Waals surface area (Å²) in [6, 6.07) is 0. The van der Waals surface area contributed by atoms with Crippen molar-refractivity contribution in [1.29, 1.82) is 0 Å². The van der Waals surface area contributed by atoms with Crippen LogP contribution in [0.5, 0.6) is 0 Å². The molecule has 4 heteroatoms. The van der Waals surface area contributed by atoms with Gasteiger partial charge in [0.25, 0.3) is 7.52 Å². The zero-order valence-corrected chi connectivity index (χ0v) is 6.77. The Kier molecular flexibility index (Phi) is 3.41. The third-order valence-corrected chi connectivity index (χ3v) is 1.93. The van der Waals surface area contributed by atoms with Crippen LogP contribution in [0.3, 0.4) is 0 Å². The average Bonchev–Trinajstić information content (AvgIpc) is 1.59. The van der Waals surface area contributed by atoms with Crippen LogP contribution >= 0.6 is 7.52 Å². The smallest absolute Gasteiger partial charge is 0.264 e. The predicted octanol–water partition coefficient (Wildman–Crippen LogP) is 1.18. The normalized spacial score (nSPS) is 17.9. The maximum absolute atomic E-state index is 10.5. The molecule has 0 rings (SSSR count). The van der Waals surface area contributed by atoms with Crippen molar-refractivity contribution in [3.63, 3.8) is 0 Å². The molecule has 56 valence electrons. The minimum Gasteiger partial charge on any atom is -0.333 e. The highest BCUT2D eigenvalue weighted by molar-refractivity contribution is 7.55. The van der Waals surface area contributed by atoms with Crippen LogP contribution in [0.25, 0.3) is 0 Å². The minimum atomic E-state index is -3.22. The Balaban J connectivity index is 3.40. The van der Waals surface area contributed by atoms with E-state index in [-0.39, 0.29) is 6.16 Å². The molecule has 1 unspecified atom stereocenters. The summed E-state index contributed by atoms with van der Waals surface area (Å²) in [6.07, 6.45) is 0.967. The minimum absolute atomic E-state index is 0.241. The molecule has 0 spiro atoms. The number of hydrogen-bond acceptors (Lipinski definition) is 1. The molecule has 0 aliphatic heterocycles. The summed E-state index contributed by atoms with van der Waals surface area (Å²) >= 11 is 0. The van der Waals surface area contributed by atoms with Crippen LogP contribution < -0.4 is 5.50 Å². The van der Waals surface area contributed by atoms with Crippen molar-refractivity contribution in [3.05, 3.63) is 0 Å². The quantitative estimate of drug-likeness (QED) is 0.595. The third-order valence-electron chi connectivity index (χ3n) is 1.03. The SMILES string of the molecule is CC(C)CCP(N)(=O)O. The lowest BCUT2D eigenvalue weighted by Crippen LogP contribution is -2.01. The van der Waals surface area contributed by atoms with Gasteiger partial charge in [0.2, 0.25) is 0 Å². The van der Waals surface area contributed by atoms with E-state index in [9.17, 15) is 4.57 Å². The Morgan fingerprint density at radius 1 is 1.67 bits per heavy atom. The summed E-state index contributed by atoms with van der Waals surface area (Å²) in [6.45, 7) is 3.99. The van der Waals surface area contributed by atoms with Crippen molar-refractivity contribution >= 4 is 7.52 Å². The maximum atomic E-state index is 10.5. The zero-order valence-electron chi connectivity index (χ0n) is 5.87. The van der Waals surface area contributed by atoms with E-state index in [0.717, 1.165) is 6.42 Å². The van der Waals surface area contributed by atoms with Gasteiger partial charge in [-0.2, -0.15) is 0 Å². The van der Waals surface area contributed by atoms with Crippen LogP contribution in [-0.4, -0.2) is 11.1 Å². The zero-order chi connectivity index (χ0) is 7.49. The fourth-order valence-electron chi connectivity index (χ4n) is 0.443. The number of nitrogens with two attached hydrogens (primary N) is 1. The molecule has 3 nitrogen and oxygen atoms in total. The van der Waals surface area contributed by atoms with Crippen LogP contribution in [0.2, 0.25) is 0 Å². The van der Waals surface area contributed by atoms with E-state index in [0.29, 0.717) is 5.92 Å². The molecule has 9 heavy (non-hydrogen) atoms. The molecule has 0 aromatic rings. The molecule has 0 aliphatic carbocycles. The van der Waals surface area contributed by atoms with Crippen LogP contribution in [0.1, 0.15) is 20.3 Å². The first kappa shape index (κ1) is 9.15. The van der Waals surface area contributed by atoms with Gasteiger partial charge in [0.15, 0.2) is 0 Å². The molecule has 1 atom stereocenters. The van der Waals surface area contributed by atoms with Crippen LogP contribution in [0, 0.1) is 5.92 Å². The van der Waals surface area contributed by atoms with E-state index in [4.69, 9.17) is 10.4 Å². The molecule has 3 N–H and O–H groups in total. The summed E-state index contributed by atoms with van der Waals surface area (Å²) in [5.41, 5.74) is 4.89. The fourth-order valence-corrected chi connectivity index (χ4v) is 1.33. The second-order valence-corrected chi connectivity index (χ2v) is 4.62. The monoisotopic (exact) mass is 151 g/mol. The van der Waals surface area contributed by atoms with Crippen molar-refractivity contribution in [2.75, 3.05) is 6.16 Å². The molecule has 0 heterocycles. The van der Waals surface area contributed by atoms with E-state index < -0.39 is 7.52 Å². The third kappa shape index (κ3) is 8.15. The lowest BCUT2D eigenvalue weighted by Gasteiger charge is -2.05. The first-order valence-electron chi connectivity index (χ1n) is 3.02. The van der Waals surface area contributed by atoms with E-state index in [1.807, 2.05) is 13.8 Å². The summed E-state index contributed by atoms with van der Waals surface area (Å²) in [5, 5.41) is 0. The Bertz CT molecular complexity index is 118. The van der Waals surface area contributed by atoms with Gasteiger partial charge >= 0.3 is 0 Å². The van der Waals surface area contributed by atoms with Crippen molar-refractivity contribution in [1.82, 2.24) is 0 Å². The molecule has 0 bridgehead atoms. The molecule has 0 aliphatic rings. The van der Waals surface area contributed by atoms with Gasteiger partial charge in [0.1, 0.15) is 0 Å². The Labute approximate surface area is 55.8 Å². The van der Waals surface area contributed by atoms with Crippen LogP contribution in [0.4, 0.5) is 0 Å². The average molecular weight is 151 g/mol. The summed E-state index contributed by atoms with van der Waals surface area (Å²) in [7, 11) is -3.22. The molecule has 0 saturated carbocycles. The number of rotatable bonds is 3. The summed E-state index contributed by atoms with van der Waals surface area (Å²) in [4.78, 5) is 8.60. The van der Waals surface area contributed by atoms with E-state index in [1.54, 1.807) is 0 Å². The largest absolute Gasteiger partial charge is 0.333 e. The summed E-state index contributed by atoms with van der Waals surface area (Å²) in [5.74, 6) is 0.453. The van der Waals surface area contributed by atoms with Crippen molar-refractivity contribution in [2.45, 2.75) is 20.3 Å². The van der Waals surface area contributed by atoms with Gasteiger partial charge < -0.3 is 4.89 Å². The Hall–Kier alpha value is 0.150. The van der Waals surface area contributed by atoms with Gasteiger partial charge in [-0.05, 0) is 12.3 Å². The molecule has 0 fully saturated rings. The molecule has 0 amide bonds. The first-order chi connectivity index (χ1) is 3.92. The van der Waals surface area contributed by atoms with Crippen LogP contribution in [-0.2, 0) is 4.57 Å². The van der Waals surface area contributed by atoms with E-state index >= 15 is 0 Å². The summed E-state index contributed by atoms with van der Waals surface area (Å²) < 4.78 is 10.5. The highest BCUT2D eigenvalue weighted by atomic mass is 31.2. The Morgan fingerprint density at radius 3 is 2.22 bits per heavy atom. The lowest BCUT2D eigenvalue weighted by atomic mass is 10.2. The molecule has 0 aromatic heterocycles. The topological polar surface area (TPSA) is 63.3 Å². The fraction of sp³-hybridized carbons (Fsp3) is 1.00. The van der Waals surface area contributed by atoms with Gasteiger partial charge in [-0.25, -0.2) is 0 Å². The Morgan fingerprint density at radius 2 is 2.11 bits per heavy atom. The van der Waals surface area contributed by atoms with Crippen molar-refractivity contribution in [2.24, 2.45) is 11.4 Å². The van der Waals surface area contributed by atoms with Gasteiger partial charge in [0.05, 0.1) is 0 Å². The second kappa shape index (κ2) is 3.35. The maximum Gasteiger partial charge on any atom is 0.264 e. The van der Waals surface area contributed by atoms with E-state index in [2.05, 4.69) is 0 Å².